The molecule has 0 amide bonds. The Kier molecular flexibility index (Phi) is 5.74. The van der Waals surface area contributed by atoms with Gasteiger partial charge in [0.25, 0.3) is 0 Å². The van der Waals surface area contributed by atoms with E-state index in [1.165, 1.54) is 19.0 Å². The van der Waals surface area contributed by atoms with Crippen LogP contribution in [0.2, 0.25) is 0 Å². The molecule has 1 unspecified atom stereocenters. The third-order valence-electron chi connectivity index (χ3n) is 0.675. The molecule has 0 aliphatic carbocycles. The molecule has 0 saturated carbocycles. The summed E-state index contributed by atoms with van der Waals surface area (Å²) in [5, 5.41) is 0. The second-order valence-electron chi connectivity index (χ2n) is 1.31. The van der Waals surface area contributed by atoms with Gasteiger partial charge in [-0.2, -0.15) is 0 Å². The van der Waals surface area contributed by atoms with E-state index in [4.69, 9.17) is 5.50 Å². The predicted octanol–water partition coefficient (Wildman–Crippen LogP) is 1.34. The largest absolute Gasteiger partial charge is 0.312 e. The van der Waals surface area contributed by atoms with E-state index in [0.717, 1.165) is 0 Å². The zero-order valence-electron chi connectivity index (χ0n) is 4.20. The zero-order valence-corrected chi connectivity index (χ0v) is 5.20. The molecule has 0 rings (SSSR count). The minimum absolute atomic E-state index is 0.665. The lowest BCUT2D eigenvalue weighted by Gasteiger charge is -1.86. The lowest BCUT2D eigenvalue weighted by atomic mass is 10.4. The number of nitrogens with two attached hydrogens (primary N) is 1. The number of hydrogen-bond donors (Lipinski definition) is 1. The molecule has 0 radical (unpaired) electrons. The zero-order chi connectivity index (χ0) is 4.83. The van der Waals surface area contributed by atoms with Gasteiger partial charge in [-0.15, -0.1) is 0 Å². The normalized spacial score (nSPS) is 11.0. The topological polar surface area (TPSA) is 26.0 Å². The van der Waals surface area contributed by atoms with Gasteiger partial charge in [0.1, 0.15) is 0 Å². The number of rotatable bonds is 3. The highest BCUT2D eigenvalue weighted by atomic mass is 31.1. The van der Waals surface area contributed by atoms with Crippen LogP contribution in [0.1, 0.15) is 19.8 Å². The van der Waals surface area contributed by atoms with Crippen molar-refractivity contribution in [3.63, 3.8) is 0 Å². The Hall–Kier alpha value is 0.390. The first-order valence-corrected chi connectivity index (χ1v) is 3.63. The van der Waals surface area contributed by atoms with Crippen molar-refractivity contribution >= 4 is 8.73 Å². The highest BCUT2D eigenvalue weighted by Crippen LogP contribution is 1.99. The Morgan fingerprint density at radius 2 is 2.33 bits per heavy atom. The maximum absolute atomic E-state index is 5.24. The van der Waals surface area contributed by atoms with Crippen molar-refractivity contribution in [2.45, 2.75) is 19.8 Å². The quantitative estimate of drug-likeness (QED) is 0.425. The Morgan fingerprint density at radius 1 is 1.67 bits per heavy atom. The molecule has 0 heterocycles. The van der Waals surface area contributed by atoms with Crippen molar-refractivity contribution in [1.82, 2.24) is 0 Å². The fourth-order valence-corrected chi connectivity index (χ4v) is 0.837. The van der Waals surface area contributed by atoms with Crippen molar-refractivity contribution in [3.8, 4) is 0 Å². The van der Waals surface area contributed by atoms with Crippen LogP contribution in [0.3, 0.4) is 0 Å². The fourth-order valence-electron chi connectivity index (χ4n) is 0.279. The van der Waals surface area contributed by atoms with Gasteiger partial charge in [0.05, 0.1) is 0 Å². The molecule has 0 fully saturated rings. The maximum atomic E-state index is 5.24. The van der Waals surface area contributed by atoms with Crippen LogP contribution in [0.5, 0.6) is 0 Å². The van der Waals surface area contributed by atoms with E-state index < -0.39 is 0 Å². The molecule has 0 aliphatic heterocycles. The summed E-state index contributed by atoms with van der Waals surface area (Å²) in [4.78, 5) is 0. The van der Waals surface area contributed by atoms with Crippen LogP contribution >= 0.6 is 8.73 Å². The molecule has 0 aromatic carbocycles. The third-order valence-corrected chi connectivity index (χ3v) is 1.32. The highest BCUT2D eigenvalue weighted by molar-refractivity contribution is 7.35. The molecule has 0 aromatic heterocycles. The molecule has 1 atom stereocenters. The average molecular weight is 105 g/mol. The van der Waals surface area contributed by atoms with E-state index >= 15 is 0 Å². The second kappa shape index (κ2) is 5.39. The lowest BCUT2D eigenvalue weighted by molar-refractivity contribution is 0.894. The van der Waals surface area contributed by atoms with Crippen molar-refractivity contribution in [1.29, 1.82) is 0 Å². The van der Waals surface area contributed by atoms with E-state index in [2.05, 4.69) is 6.92 Å². The molecular formula is C4H12NP. The van der Waals surface area contributed by atoms with Gasteiger partial charge in [-0.1, -0.05) is 22.1 Å². The Bertz CT molecular complexity index is 19.5. The van der Waals surface area contributed by atoms with Crippen LogP contribution in [0.4, 0.5) is 0 Å². The monoisotopic (exact) mass is 105 g/mol. The molecule has 0 bridgehead atoms. The minimum Gasteiger partial charge on any atom is -0.312 e. The first kappa shape index (κ1) is 6.39. The Balaban J connectivity index is 2.34. The number of hydrogen-bond acceptors (Lipinski definition) is 1. The van der Waals surface area contributed by atoms with Gasteiger partial charge in [0, 0.05) is 0 Å². The van der Waals surface area contributed by atoms with Gasteiger partial charge in [0.2, 0.25) is 0 Å². The maximum Gasteiger partial charge on any atom is -0.0225 e. The second-order valence-corrected chi connectivity index (χ2v) is 2.22. The van der Waals surface area contributed by atoms with E-state index in [0.29, 0.717) is 8.73 Å². The average Bonchev–Trinajstić information content (AvgIpc) is 1.61. The van der Waals surface area contributed by atoms with Crippen LogP contribution in [0, 0.1) is 0 Å². The third kappa shape index (κ3) is 4.39. The predicted molar refractivity (Wildman–Crippen MR) is 32.3 cm³/mol. The molecule has 6 heavy (non-hydrogen) atoms. The van der Waals surface area contributed by atoms with E-state index in [-0.39, 0.29) is 0 Å². The van der Waals surface area contributed by atoms with Gasteiger partial charge < -0.3 is 5.50 Å². The van der Waals surface area contributed by atoms with E-state index in [1.54, 1.807) is 0 Å². The van der Waals surface area contributed by atoms with Crippen molar-refractivity contribution in [2.75, 3.05) is 6.16 Å². The van der Waals surface area contributed by atoms with Gasteiger partial charge in [-0.25, -0.2) is 0 Å². The van der Waals surface area contributed by atoms with Crippen molar-refractivity contribution in [3.05, 3.63) is 0 Å². The van der Waals surface area contributed by atoms with Gasteiger partial charge >= 0.3 is 0 Å². The summed E-state index contributed by atoms with van der Waals surface area (Å²) < 4.78 is 0. The van der Waals surface area contributed by atoms with Crippen LogP contribution in [0.15, 0.2) is 0 Å². The van der Waals surface area contributed by atoms with Crippen molar-refractivity contribution < 1.29 is 0 Å². The van der Waals surface area contributed by atoms with Gasteiger partial charge in [0.15, 0.2) is 0 Å². The summed E-state index contributed by atoms with van der Waals surface area (Å²) >= 11 is 0. The van der Waals surface area contributed by atoms with Gasteiger partial charge in [-0.3, -0.25) is 0 Å². The molecule has 2 N–H and O–H groups in total. The van der Waals surface area contributed by atoms with Crippen LogP contribution in [-0.2, 0) is 0 Å². The lowest BCUT2D eigenvalue weighted by Crippen LogP contribution is -1.78. The van der Waals surface area contributed by atoms with Crippen LogP contribution in [0.25, 0.3) is 0 Å². The van der Waals surface area contributed by atoms with Crippen LogP contribution in [-0.4, -0.2) is 6.16 Å². The number of unbranched alkanes of at least 4 members (excludes halogenated alkanes) is 1. The first-order chi connectivity index (χ1) is 2.91. The van der Waals surface area contributed by atoms with Crippen molar-refractivity contribution in [2.24, 2.45) is 5.50 Å². The van der Waals surface area contributed by atoms with E-state index in [1.807, 2.05) is 0 Å². The van der Waals surface area contributed by atoms with Gasteiger partial charge in [-0.05, 0) is 12.6 Å². The summed E-state index contributed by atoms with van der Waals surface area (Å²) in [5.41, 5.74) is 5.24. The summed E-state index contributed by atoms with van der Waals surface area (Å²) in [7, 11) is 0.665. The SMILES string of the molecule is CCCCPN. The smallest absolute Gasteiger partial charge is 0.0225 e. The minimum atomic E-state index is 0.665. The standard InChI is InChI=1S/C4H12NP/c1-2-3-4-6-5/h6H,2-5H2,1H3. The molecule has 1 nitrogen and oxygen atoms in total. The molecule has 38 valence electrons. The summed E-state index contributed by atoms with van der Waals surface area (Å²) in [5.74, 6) is 0. The molecular weight excluding hydrogens is 93.0 g/mol. The Morgan fingerprint density at radius 3 is 2.50 bits per heavy atom. The molecule has 0 aromatic rings. The molecule has 0 spiro atoms. The highest BCUT2D eigenvalue weighted by Gasteiger charge is 1.75. The molecule has 0 saturated heterocycles. The Labute approximate surface area is 41.1 Å². The molecule has 2 heteroatoms. The summed E-state index contributed by atoms with van der Waals surface area (Å²) in [6.07, 6.45) is 3.80. The summed E-state index contributed by atoms with van der Waals surface area (Å²) in [6.45, 7) is 2.18. The fraction of sp³-hybridized carbons (Fsp3) is 1.00. The summed E-state index contributed by atoms with van der Waals surface area (Å²) in [6, 6.07) is 0. The molecule has 0 aliphatic rings. The first-order valence-electron chi connectivity index (χ1n) is 2.35. The van der Waals surface area contributed by atoms with E-state index in [9.17, 15) is 0 Å². The van der Waals surface area contributed by atoms with Crippen LogP contribution < -0.4 is 5.50 Å².